The van der Waals surface area contributed by atoms with Crippen LogP contribution in [0.5, 0.6) is 0 Å². The average molecular weight is 485 g/mol. The minimum Gasteiger partial charge on any atom is -0.464 e. The summed E-state index contributed by atoms with van der Waals surface area (Å²) in [7, 11) is 1.17. The van der Waals surface area contributed by atoms with Crippen molar-refractivity contribution in [2.24, 2.45) is 11.3 Å². The predicted octanol–water partition coefficient (Wildman–Crippen LogP) is 0.207. The van der Waals surface area contributed by atoms with Crippen LogP contribution in [0.4, 0.5) is 0 Å². The highest BCUT2D eigenvalue weighted by atomic mass is 16.5. The number of rotatable bonds is 12. The molecule has 0 heterocycles. The van der Waals surface area contributed by atoms with Crippen LogP contribution in [0.1, 0.15) is 47.0 Å². The second kappa shape index (κ2) is 14.2. The molecule has 0 fully saturated rings. The zero-order valence-corrected chi connectivity index (χ0v) is 20.7. The van der Waals surface area contributed by atoms with Crippen molar-refractivity contribution in [1.29, 1.82) is 0 Å². The SMILES string of the molecule is CO[C@@H](C(=O)N[C@@H](C)C(=O)NCCOC(=O)C1CC=CCC1)[C@H](O)[C@@H](O)[C@H](O)/C=C/C(C)(C)C. The second-order valence-electron chi connectivity index (χ2n) is 9.52. The van der Waals surface area contributed by atoms with Gasteiger partial charge in [-0.15, -0.1) is 0 Å². The molecule has 1 unspecified atom stereocenters. The minimum atomic E-state index is -1.74. The first-order valence-electron chi connectivity index (χ1n) is 11.5. The average Bonchev–Trinajstić information content (AvgIpc) is 2.79. The molecule has 0 bridgehead atoms. The van der Waals surface area contributed by atoms with Crippen molar-refractivity contribution in [1.82, 2.24) is 10.6 Å². The number of nitrogens with one attached hydrogen (secondary N) is 2. The van der Waals surface area contributed by atoms with Crippen LogP contribution in [-0.2, 0) is 23.9 Å². The zero-order chi connectivity index (χ0) is 25.9. The van der Waals surface area contributed by atoms with Gasteiger partial charge in [0.1, 0.15) is 31.0 Å². The first-order chi connectivity index (χ1) is 15.9. The molecule has 0 aromatic rings. The van der Waals surface area contributed by atoms with E-state index in [0.717, 1.165) is 12.8 Å². The molecule has 0 aliphatic heterocycles. The van der Waals surface area contributed by atoms with Gasteiger partial charge in [0.25, 0.3) is 5.91 Å². The fourth-order valence-electron chi connectivity index (χ4n) is 3.25. The van der Waals surface area contributed by atoms with Crippen LogP contribution in [0.25, 0.3) is 0 Å². The Hall–Kier alpha value is -2.27. The summed E-state index contributed by atoms with van der Waals surface area (Å²) in [6, 6.07) is -0.987. The van der Waals surface area contributed by atoms with Crippen LogP contribution < -0.4 is 10.6 Å². The molecule has 1 aliphatic rings. The molecule has 1 aliphatic carbocycles. The molecule has 34 heavy (non-hydrogen) atoms. The van der Waals surface area contributed by atoms with Gasteiger partial charge in [0.15, 0.2) is 6.10 Å². The molecular weight excluding hydrogens is 444 g/mol. The maximum Gasteiger partial charge on any atom is 0.309 e. The lowest BCUT2D eigenvalue weighted by Gasteiger charge is -2.28. The number of ether oxygens (including phenoxy) is 2. The first kappa shape index (κ1) is 29.8. The van der Waals surface area contributed by atoms with E-state index < -0.39 is 42.3 Å². The third-order valence-electron chi connectivity index (χ3n) is 5.32. The molecule has 194 valence electrons. The van der Waals surface area contributed by atoms with Crippen LogP contribution >= 0.6 is 0 Å². The summed E-state index contributed by atoms with van der Waals surface area (Å²) in [6.07, 6.45) is 2.86. The Bertz CT molecular complexity index is 731. The quantitative estimate of drug-likeness (QED) is 0.150. The summed E-state index contributed by atoms with van der Waals surface area (Å²) in [5.41, 5.74) is -0.252. The van der Waals surface area contributed by atoms with Crippen LogP contribution in [0.15, 0.2) is 24.3 Å². The van der Waals surface area contributed by atoms with Crippen LogP contribution in [0, 0.1) is 11.3 Å². The Labute approximate surface area is 201 Å². The van der Waals surface area contributed by atoms with Gasteiger partial charge in [0.2, 0.25) is 5.91 Å². The number of hydrogen-bond donors (Lipinski definition) is 5. The molecule has 5 N–H and O–H groups in total. The van der Waals surface area contributed by atoms with Gasteiger partial charge >= 0.3 is 5.97 Å². The van der Waals surface area contributed by atoms with E-state index in [-0.39, 0.29) is 30.5 Å². The Morgan fingerprint density at radius 3 is 2.35 bits per heavy atom. The summed E-state index contributed by atoms with van der Waals surface area (Å²) in [5.74, 6) is -1.81. The molecule has 0 aromatic carbocycles. The van der Waals surface area contributed by atoms with Crippen molar-refractivity contribution in [3.05, 3.63) is 24.3 Å². The molecule has 0 saturated heterocycles. The van der Waals surface area contributed by atoms with Gasteiger partial charge in [0, 0.05) is 7.11 Å². The predicted molar refractivity (Wildman–Crippen MR) is 125 cm³/mol. The van der Waals surface area contributed by atoms with E-state index in [1.54, 1.807) is 6.08 Å². The lowest BCUT2D eigenvalue weighted by atomic mass is 9.94. The molecular formula is C24H40N2O8. The van der Waals surface area contributed by atoms with E-state index in [1.807, 2.05) is 32.9 Å². The normalized spacial score (nSPS) is 20.8. The lowest BCUT2D eigenvalue weighted by molar-refractivity contribution is -0.150. The minimum absolute atomic E-state index is 0.0109. The largest absolute Gasteiger partial charge is 0.464 e. The summed E-state index contributed by atoms with van der Waals surface area (Å²) in [6.45, 7) is 7.22. The highest BCUT2D eigenvalue weighted by Gasteiger charge is 2.36. The third kappa shape index (κ3) is 10.3. The van der Waals surface area contributed by atoms with Crippen molar-refractivity contribution in [2.75, 3.05) is 20.3 Å². The Kier molecular flexibility index (Phi) is 12.4. The van der Waals surface area contributed by atoms with E-state index >= 15 is 0 Å². The van der Waals surface area contributed by atoms with Crippen LogP contribution in [-0.4, -0.2) is 83.8 Å². The molecule has 0 saturated carbocycles. The summed E-state index contributed by atoms with van der Waals surface area (Å²) in [4.78, 5) is 36.7. The van der Waals surface area contributed by atoms with Gasteiger partial charge in [0.05, 0.1) is 12.5 Å². The molecule has 0 aromatic heterocycles. The highest BCUT2D eigenvalue weighted by Crippen LogP contribution is 2.19. The number of esters is 1. The number of allylic oxidation sites excluding steroid dienone is 3. The van der Waals surface area contributed by atoms with Crippen molar-refractivity contribution >= 4 is 17.8 Å². The van der Waals surface area contributed by atoms with E-state index in [9.17, 15) is 29.7 Å². The maximum atomic E-state index is 12.5. The van der Waals surface area contributed by atoms with Gasteiger partial charge in [-0.3, -0.25) is 14.4 Å². The maximum absolute atomic E-state index is 12.5. The van der Waals surface area contributed by atoms with Gasteiger partial charge in [-0.1, -0.05) is 45.1 Å². The van der Waals surface area contributed by atoms with E-state index in [4.69, 9.17) is 9.47 Å². The standard InChI is InChI=1S/C24H40N2O8/c1-15(21(30)25-13-14-34-23(32)16-9-7-6-8-10-16)26-22(31)20(33-5)19(29)18(28)17(27)11-12-24(2,3)4/h6-7,11-12,15-20,27-29H,8-10,13-14H2,1-5H3,(H,25,30)(H,26,31)/b12-11+/t15-,16?,17+,18-,19+,20+/m0/s1. The number of carbonyl (C=O) groups is 3. The van der Waals surface area contributed by atoms with E-state index in [1.165, 1.54) is 20.1 Å². The molecule has 10 heteroatoms. The van der Waals surface area contributed by atoms with E-state index in [0.29, 0.717) is 6.42 Å². The Balaban J connectivity index is 2.48. The zero-order valence-electron chi connectivity index (χ0n) is 20.7. The van der Waals surface area contributed by atoms with Crippen molar-refractivity contribution < 1.29 is 39.2 Å². The topological polar surface area (TPSA) is 154 Å². The molecule has 1 rings (SSSR count). The van der Waals surface area contributed by atoms with Gasteiger partial charge in [-0.25, -0.2) is 0 Å². The van der Waals surface area contributed by atoms with E-state index in [2.05, 4.69) is 10.6 Å². The Morgan fingerprint density at radius 1 is 1.12 bits per heavy atom. The highest BCUT2D eigenvalue weighted by molar-refractivity contribution is 5.89. The smallest absolute Gasteiger partial charge is 0.309 e. The molecule has 10 nitrogen and oxygen atoms in total. The molecule has 2 amide bonds. The van der Waals surface area contributed by atoms with Gasteiger partial charge in [-0.05, 0) is 31.6 Å². The fraction of sp³-hybridized carbons (Fsp3) is 0.708. The first-order valence-corrected chi connectivity index (χ1v) is 11.5. The van der Waals surface area contributed by atoms with Crippen LogP contribution in [0.3, 0.4) is 0 Å². The van der Waals surface area contributed by atoms with Gasteiger partial charge in [-0.2, -0.15) is 0 Å². The lowest BCUT2D eigenvalue weighted by Crippen LogP contribution is -2.55. The molecule has 0 spiro atoms. The van der Waals surface area contributed by atoms with Gasteiger partial charge < -0.3 is 35.4 Å². The Morgan fingerprint density at radius 2 is 1.79 bits per heavy atom. The third-order valence-corrected chi connectivity index (χ3v) is 5.32. The van der Waals surface area contributed by atoms with Crippen molar-refractivity contribution in [2.45, 2.75) is 77.4 Å². The van der Waals surface area contributed by atoms with Crippen molar-refractivity contribution in [3.63, 3.8) is 0 Å². The number of hydrogen-bond acceptors (Lipinski definition) is 8. The monoisotopic (exact) mass is 484 g/mol. The van der Waals surface area contributed by atoms with Crippen molar-refractivity contribution in [3.8, 4) is 0 Å². The fourth-order valence-corrected chi connectivity index (χ4v) is 3.25. The summed E-state index contributed by atoms with van der Waals surface area (Å²) >= 11 is 0. The summed E-state index contributed by atoms with van der Waals surface area (Å²) < 4.78 is 10.2. The summed E-state index contributed by atoms with van der Waals surface area (Å²) in [5, 5.41) is 35.6. The molecule has 0 radical (unpaired) electrons. The number of methoxy groups -OCH3 is 1. The number of aliphatic hydroxyl groups excluding tert-OH is 3. The van der Waals surface area contributed by atoms with Crippen LogP contribution in [0.2, 0.25) is 0 Å². The second-order valence-corrected chi connectivity index (χ2v) is 9.52. The number of carbonyl (C=O) groups excluding carboxylic acids is 3. The number of amides is 2. The molecule has 6 atom stereocenters. The number of aliphatic hydroxyl groups is 3.